The van der Waals surface area contributed by atoms with Crippen LogP contribution in [0.5, 0.6) is 5.75 Å². The highest BCUT2D eigenvalue weighted by Gasteiger charge is 2.35. The van der Waals surface area contributed by atoms with E-state index >= 15 is 0 Å². The molecule has 2 aromatic heterocycles. The van der Waals surface area contributed by atoms with Crippen molar-refractivity contribution in [3.05, 3.63) is 58.9 Å². The fraction of sp³-hybridized carbons (Fsp3) is 0.450. The van der Waals surface area contributed by atoms with E-state index in [0.717, 1.165) is 36.5 Å². The van der Waals surface area contributed by atoms with Crippen molar-refractivity contribution in [2.45, 2.75) is 58.1 Å². The van der Waals surface area contributed by atoms with Crippen LogP contribution >= 0.6 is 0 Å². The zero-order chi connectivity index (χ0) is 20.8. The number of rotatable bonds is 5. The number of H-pyrrole nitrogens is 1. The molecule has 0 saturated heterocycles. The Balaban J connectivity index is 1.65. The molecule has 4 rings (SSSR count). The molecule has 0 radical (unpaired) electrons. The van der Waals surface area contributed by atoms with Gasteiger partial charge in [0.15, 0.2) is 28.8 Å². The number of fused-ring (bicyclic) bond motifs is 1. The van der Waals surface area contributed by atoms with Crippen LogP contribution < -0.4 is 4.74 Å². The summed E-state index contributed by atoms with van der Waals surface area (Å²) in [5, 5.41) is 8.68. The molecule has 2 heterocycles. The zero-order valence-electron chi connectivity index (χ0n) is 16.5. The number of hydrogen-bond acceptors (Lipinski definition) is 4. The van der Waals surface area contributed by atoms with Gasteiger partial charge < -0.3 is 14.3 Å². The van der Waals surface area contributed by atoms with Crippen molar-refractivity contribution in [2.75, 3.05) is 0 Å². The Morgan fingerprint density at radius 1 is 1.21 bits per heavy atom. The maximum Gasteiger partial charge on any atom is 0.192 e. The predicted molar refractivity (Wildman–Crippen MR) is 99.0 cm³/mol. The molecule has 0 fully saturated rings. The largest absolute Gasteiger partial charge is 0.474 e. The minimum atomic E-state index is -1.19. The molecule has 1 aliphatic carbocycles. The molecule has 29 heavy (non-hydrogen) atoms. The summed E-state index contributed by atoms with van der Waals surface area (Å²) in [6, 6.07) is 1.18. The van der Waals surface area contributed by atoms with Crippen LogP contribution in [0, 0.1) is 17.5 Å². The van der Waals surface area contributed by atoms with Crippen molar-refractivity contribution in [3.63, 3.8) is 0 Å². The minimum Gasteiger partial charge on any atom is -0.474 e. The number of aromatic amines is 1. The molecular formula is C20H22F3N5O. The number of halogens is 3. The monoisotopic (exact) mass is 405 g/mol. The Hall–Kier alpha value is -2.84. The first-order chi connectivity index (χ1) is 13.8. The molecule has 1 aliphatic rings. The van der Waals surface area contributed by atoms with Gasteiger partial charge in [-0.1, -0.05) is 0 Å². The smallest absolute Gasteiger partial charge is 0.192 e. The summed E-state index contributed by atoms with van der Waals surface area (Å²) >= 11 is 0. The van der Waals surface area contributed by atoms with Crippen LogP contribution in [-0.2, 0) is 25.0 Å². The van der Waals surface area contributed by atoms with Crippen LogP contribution in [0.15, 0.2) is 18.5 Å². The molecule has 0 bridgehead atoms. The Morgan fingerprint density at radius 3 is 2.62 bits per heavy atom. The summed E-state index contributed by atoms with van der Waals surface area (Å²) in [5.41, 5.74) is 0.989. The van der Waals surface area contributed by atoms with Gasteiger partial charge in [-0.05, 0) is 40.0 Å². The average molecular weight is 405 g/mol. The summed E-state index contributed by atoms with van der Waals surface area (Å²) in [7, 11) is 0. The topological polar surface area (TPSA) is 68.6 Å². The lowest BCUT2D eigenvalue weighted by Gasteiger charge is -2.27. The molecule has 154 valence electrons. The lowest BCUT2D eigenvalue weighted by molar-refractivity contribution is 0.0820. The molecule has 9 heteroatoms. The molecule has 0 aliphatic heterocycles. The van der Waals surface area contributed by atoms with Crippen LogP contribution in [0.4, 0.5) is 13.2 Å². The van der Waals surface area contributed by atoms with Gasteiger partial charge in [-0.3, -0.25) is 0 Å². The molecule has 1 aromatic carbocycles. The van der Waals surface area contributed by atoms with E-state index in [9.17, 15) is 13.2 Å². The lowest BCUT2D eigenvalue weighted by atomic mass is 9.89. The van der Waals surface area contributed by atoms with Crippen LogP contribution in [0.25, 0.3) is 0 Å². The average Bonchev–Trinajstić information content (AvgIpc) is 3.30. The van der Waals surface area contributed by atoms with E-state index in [2.05, 4.69) is 20.2 Å². The van der Waals surface area contributed by atoms with Gasteiger partial charge in [0.1, 0.15) is 11.6 Å². The van der Waals surface area contributed by atoms with Crippen LogP contribution in [0.2, 0.25) is 0 Å². The second-order valence-corrected chi connectivity index (χ2v) is 7.70. The first-order valence-corrected chi connectivity index (χ1v) is 9.58. The van der Waals surface area contributed by atoms with Crippen LogP contribution in [-0.4, -0.2) is 24.7 Å². The van der Waals surface area contributed by atoms with Crippen molar-refractivity contribution in [2.24, 2.45) is 0 Å². The SMILES string of the molecule is CCn1c(C2CCc3nc[nH]c3C2)nnc1C(C)(C)Oc1c(F)cc(F)cc1F. The standard InChI is InChI=1S/C20H22F3N5O/c1-4-28-18(11-5-6-15-16(7-11)25-10-24-15)26-27-19(28)20(2,3)29-17-13(22)8-12(21)9-14(17)23/h8-11H,4-7H2,1-3H3,(H,24,25). The van der Waals surface area contributed by atoms with E-state index in [4.69, 9.17) is 4.74 Å². The Bertz CT molecular complexity index is 1020. The van der Waals surface area contributed by atoms with Crippen LogP contribution in [0.3, 0.4) is 0 Å². The minimum absolute atomic E-state index is 0.152. The molecular weight excluding hydrogens is 383 g/mol. The third-order valence-electron chi connectivity index (χ3n) is 5.31. The van der Waals surface area contributed by atoms with Gasteiger partial charge >= 0.3 is 0 Å². The number of aromatic nitrogens is 5. The highest BCUT2D eigenvalue weighted by molar-refractivity contribution is 5.28. The summed E-state index contributed by atoms with van der Waals surface area (Å²) in [5.74, 6) is -2.43. The van der Waals surface area contributed by atoms with E-state index in [1.54, 1.807) is 20.2 Å². The van der Waals surface area contributed by atoms with Crippen molar-refractivity contribution in [1.82, 2.24) is 24.7 Å². The van der Waals surface area contributed by atoms with Gasteiger partial charge in [-0.15, -0.1) is 10.2 Å². The first kappa shape index (κ1) is 19.5. The van der Waals surface area contributed by atoms with Gasteiger partial charge in [0.2, 0.25) is 0 Å². The molecule has 6 nitrogen and oxygen atoms in total. The summed E-state index contributed by atoms with van der Waals surface area (Å²) in [6.45, 7) is 5.84. The van der Waals surface area contributed by atoms with Crippen molar-refractivity contribution < 1.29 is 17.9 Å². The molecule has 0 saturated carbocycles. The lowest BCUT2D eigenvalue weighted by Crippen LogP contribution is -2.31. The fourth-order valence-corrected chi connectivity index (χ4v) is 3.92. The molecule has 3 aromatic rings. The highest BCUT2D eigenvalue weighted by Crippen LogP contribution is 2.35. The number of nitrogens with zero attached hydrogens (tertiary/aromatic N) is 4. The van der Waals surface area contributed by atoms with E-state index in [1.807, 2.05) is 11.5 Å². The first-order valence-electron chi connectivity index (χ1n) is 9.58. The molecule has 1 atom stereocenters. The molecule has 1 unspecified atom stereocenters. The van der Waals surface area contributed by atoms with E-state index in [1.165, 1.54) is 0 Å². The molecule has 0 amide bonds. The van der Waals surface area contributed by atoms with Gasteiger partial charge in [0, 0.05) is 30.3 Å². The third kappa shape index (κ3) is 3.49. The quantitative estimate of drug-likeness (QED) is 0.696. The Morgan fingerprint density at radius 2 is 1.93 bits per heavy atom. The normalized spacial score (nSPS) is 16.7. The highest BCUT2D eigenvalue weighted by atomic mass is 19.1. The fourth-order valence-electron chi connectivity index (χ4n) is 3.92. The maximum atomic E-state index is 14.1. The maximum absolute atomic E-state index is 14.1. The second-order valence-electron chi connectivity index (χ2n) is 7.70. The van der Waals surface area contributed by atoms with E-state index < -0.39 is 28.8 Å². The predicted octanol–water partition coefficient (Wildman–Crippen LogP) is 4.03. The number of aryl methyl sites for hydroxylation is 1. The number of imidazole rings is 1. The number of benzene rings is 1. The van der Waals surface area contributed by atoms with Crippen molar-refractivity contribution in [3.8, 4) is 5.75 Å². The number of ether oxygens (including phenoxy) is 1. The Kier molecular flexibility index (Phi) is 4.84. The van der Waals surface area contributed by atoms with E-state index in [0.29, 0.717) is 24.5 Å². The van der Waals surface area contributed by atoms with Gasteiger partial charge in [0.05, 0.1) is 12.0 Å². The molecule has 0 spiro atoms. The third-order valence-corrected chi connectivity index (χ3v) is 5.31. The molecule has 1 N–H and O–H groups in total. The van der Waals surface area contributed by atoms with Gasteiger partial charge in [-0.25, -0.2) is 18.2 Å². The van der Waals surface area contributed by atoms with Gasteiger partial charge in [0.25, 0.3) is 0 Å². The van der Waals surface area contributed by atoms with Crippen LogP contribution in [0.1, 0.15) is 56.1 Å². The van der Waals surface area contributed by atoms with Crippen molar-refractivity contribution >= 4 is 0 Å². The summed E-state index contributed by atoms with van der Waals surface area (Å²) < 4.78 is 48.9. The number of nitrogens with one attached hydrogen (secondary N) is 1. The number of hydrogen-bond donors (Lipinski definition) is 1. The summed E-state index contributed by atoms with van der Waals surface area (Å²) in [4.78, 5) is 7.50. The van der Waals surface area contributed by atoms with E-state index in [-0.39, 0.29) is 5.92 Å². The second kappa shape index (κ2) is 7.20. The Labute approximate surface area is 166 Å². The zero-order valence-corrected chi connectivity index (χ0v) is 16.5. The summed E-state index contributed by atoms with van der Waals surface area (Å²) in [6.07, 6.45) is 4.21. The van der Waals surface area contributed by atoms with Gasteiger partial charge in [-0.2, -0.15) is 0 Å². The van der Waals surface area contributed by atoms with Crippen molar-refractivity contribution in [1.29, 1.82) is 0 Å².